The van der Waals surface area contributed by atoms with Gasteiger partial charge in [-0.3, -0.25) is 0 Å². The molecule has 0 spiro atoms. The summed E-state index contributed by atoms with van der Waals surface area (Å²) in [5.41, 5.74) is 2.07. The molecule has 2 aromatic rings. The summed E-state index contributed by atoms with van der Waals surface area (Å²) in [6.07, 6.45) is -4.94. The van der Waals surface area contributed by atoms with Crippen LogP contribution >= 0.6 is 0 Å². The first kappa shape index (κ1) is 17.8. The Hall–Kier alpha value is -1.58. The van der Waals surface area contributed by atoms with Crippen LogP contribution in [0.25, 0.3) is 11.0 Å². The molecule has 23 heavy (non-hydrogen) atoms. The molecule has 1 saturated heterocycles. The Balaban J connectivity index is 0.000000167. The molecule has 1 fully saturated rings. The SMILES string of the molecule is CC1O[C@H](CO)[C@@H](O)[C@H](O)[C@H]1O.CCn1nnc2ccccc21. The number of ether oxygens (including phenoxy) is 1. The van der Waals surface area contributed by atoms with Crippen molar-refractivity contribution < 1.29 is 25.2 Å². The molecule has 5 atom stereocenters. The highest BCUT2D eigenvalue weighted by Crippen LogP contribution is 2.20. The lowest BCUT2D eigenvalue weighted by molar-refractivity contribution is -0.224. The standard InChI is InChI=1S/C8H9N3.C7H14O5/c1-2-11-8-6-4-3-5-7(8)9-10-11;1-3-5(9)7(11)6(10)4(2-8)12-3/h3-6H,2H2,1H3;3-11H,2H2,1H3/t;3?,4-,5+,6-,7-/m.1/s1. The molecule has 0 bridgehead atoms. The maximum atomic E-state index is 9.23. The quantitative estimate of drug-likeness (QED) is 0.576. The molecule has 1 aromatic carbocycles. The number of fused-ring (bicyclic) bond motifs is 1. The fraction of sp³-hybridized carbons (Fsp3) is 0.600. The summed E-state index contributed by atoms with van der Waals surface area (Å²) < 4.78 is 6.90. The van der Waals surface area contributed by atoms with Crippen LogP contribution in [-0.4, -0.2) is 72.5 Å². The number of aliphatic hydroxyl groups excluding tert-OH is 4. The highest BCUT2D eigenvalue weighted by Gasteiger charge is 2.41. The lowest BCUT2D eigenvalue weighted by Crippen LogP contribution is -2.57. The summed E-state index contributed by atoms with van der Waals surface area (Å²) in [7, 11) is 0. The first-order valence-corrected chi connectivity index (χ1v) is 7.58. The Morgan fingerprint density at radius 1 is 1.13 bits per heavy atom. The number of benzene rings is 1. The third kappa shape index (κ3) is 3.85. The van der Waals surface area contributed by atoms with Crippen LogP contribution in [0.15, 0.2) is 24.3 Å². The maximum absolute atomic E-state index is 9.23. The number of aryl methyl sites for hydroxylation is 1. The van der Waals surface area contributed by atoms with Gasteiger partial charge in [0.15, 0.2) is 0 Å². The van der Waals surface area contributed by atoms with Crippen LogP contribution in [0.5, 0.6) is 0 Å². The summed E-state index contributed by atoms with van der Waals surface area (Å²) in [6.45, 7) is 4.14. The molecule has 8 heteroatoms. The Morgan fingerprint density at radius 2 is 1.83 bits per heavy atom. The summed E-state index contributed by atoms with van der Waals surface area (Å²) >= 11 is 0. The van der Waals surface area contributed by atoms with Crippen LogP contribution in [0.1, 0.15) is 13.8 Å². The molecular weight excluding hydrogens is 302 g/mol. The van der Waals surface area contributed by atoms with E-state index in [2.05, 4.69) is 17.2 Å². The fourth-order valence-electron chi connectivity index (χ4n) is 2.44. The zero-order valence-electron chi connectivity index (χ0n) is 13.1. The van der Waals surface area contributed by atoms with Gasteiger partial charge < -0.3 is 25.2 Å². The van der Waals surface area contributed by atoms with E-state index in [9.17, 15) is 15.3 Å². The van der Waals surface area contributed by atoms with Crippen molar-refractivity contribution >= 4 is 11.0 Å². The van der Waals surface area contributed by atoms with Gasteiger partial charge in [0.1, 0.15) is 29.9 Å². The second-order valence-electron chi connectivity index (χ2n) is 5.43. The van der Waals surface area contributed by atoms with Gasteiger partial charge in [0, 0.05) is 6.54 Å². The smallest absolute Gasteiger partial charge is 0.113 e. The monoisotopic (exact) mass is 325 g/mol. The van der Waals surface area contributed by atoms with E-state index in [1.807, 2.05) is 28.9 Å². The van der Waals surface area contributed by atoms with Crippen LogP contribution in [0.2, 0.25) is 0 Å². The molecule has 4 N–H and O–H groups in total. The van der Waals surface area contributed by atoms with Crippen molar-refractivity contribution in [1.82, 2.24) is 15.0 Å². The van der Waals surface area contributed by atoms with E-state index in [1.54, 1.807) is 6.92 Å². The van der Waals surface area contributed by atoms with Gasteiger partial charge in [-0.25, -0.2) is 4.68 Å². The molecular formula is C15H23N3O5. The molecule has 3 rings (SSSR count). The second kappa shape index (κ2) is 7.80. The fourth-order valence-corrected chi connectivity index (χ4v) is 2.44. The zero-order chi connectivity index (χ0) is 17.0. The van der Waals surface area contributed by atoms with Crippen LogP contribution in [0.3, 0.4) is 0 Å². The molecule has 1 aliphatic rings. The van der Waals surface area contributed by atoms with Gasteiger partial charge in [-0.1, -0.05) is 17.3 Å². The first-order valence-electron chi connectivity index (χ1n) is 7.58. The third-order valence-corrected chi connectivity index (χ3v) is 3.85. The highest BCUT2D eigenvalue weighted by atomic mass is 16.5. The van der Waals surface area contributed by atoms with Crippen molar-refractivity contribution in [3.8, 4) is 0 Å². The normalized spacial score (nSPS) is 30.8. The van der Waals surface area contributed by atoms with Crippen LogP contribution in [-0.2, 0) is 11.3 Å². The van der Waals surface area contributed by atoms with E-state index in [1.165, 1.54) is 0 Å². The molecule has 1 unspecified atom stereocenters. The van der Waals surface area contributed by atoms with E-state index in [0.717, 1.165) is 17.6 Å². The molecule has 8 nitrogen and oxygen atoms in total. The average molecular weight is 325 g/mol. The molecule has 128 valence electrons. The minimum atomic E-state index is -1.24. The Labute approximate surface area is 133 Å². The minimum absolute atomic E-state index is 0.366. The highest BCUT2D eigenvalue weighted by molar-refractivity contribution is 5.73. The zero-order valence-corrected chi connectivity index (χ0v) is 13.1. The maximum Gasteiger partial charge on any atom is 0.113 e. The van der Waals surface area contributed by atoms with Gasteiger partial charge in [0.2, 0.25) is 0 Å². The first-order chi connectivity index (χ1) is 11.0. The number of hydrogen-bond donors (Lipinski definition) is 4. The van der Waals surface area contributed by atoms with Crippen LogP contribution in [0.4, 0.5) is 0 Å². The third-order valence-electron chi connectivity index (χ3n) is 3.85. The van der Waals surface area contributed by atoms with Gasteiger partial charge in [0.25, 0.3) is 0 Å². The number of aromatic nitrogens is 3. The summed E-state index contributed by atoms with van der Waals surface area (Å²) in [4.78, 5) is 0. The number of nitrogens with zero attached hydrogens (tertiary/aromatic N) is 3. The lowest BCUT2D eigenvalue weighted by atomic mass is 9.96. The molecule has 0 amide bonds. The Morgan fingerprint density at radius 3 is 2.48 bits per heavy atom. The molecule has 1 aromatic heterocycles. The van der Waals surface area contributed by atoms with E-state index in [4.69, 9.17) is 9.84 Å². The van der Waals surface area contributed by atoms with Crippen LogP contribution in [0, 0.1) is 0 Å². The van der Waals surface area contributed by atoms with E-state index < -0.39 is 30.5 Å². The molecule has 0 saturated carbocycles. The van der Waals surface area contributed by atoms with Gasteiger partial charge in [-0.05, 0) is 26.0 Å². The lowest BCUT2D eigenvalue weighted by Gasteiger charge is -2.38. The van der Waals surface area contributed by atoms with E-state index in [0.29, 0.717) is 0 Å². The van der Waals surface area contributed by atoms with Crippen molar-refractivity contribution in [2.24, 2.45) is 0 Å². The molecule has 2 heterocycles. The van der Waals surface area contributed by atoms with Gasteiger partial charge in [-0.2, -0.15) is 0 Å². The van der Waals surface area contributed by atoms with Gasteiger partial charge in [0.05, 0.1) is 18.2 Å². The van der Waals surface area contributed by atoms with Crippen LogP contribution < -0.4 is 0 Å². The van der Waals surface area contributed by atoms with Crippen molar-refractivity contribution in [2.45, 2.75) is 50.9 Å². The minimum Gasteiger partial charge on any atom is -0.394 e. The van der Waals surface area contributed by atoms with Gasteiger partial charge >= 0.3 is 0 Å². The molecule has 0 aliphatic carbocycles. The predicted molar refractivity (Wildman–Crippen MR) is 82.6 cm³/mol. The Bertz CT molecular complexity index is 615. The second-order valence-corrected chi connectivity index (χ2v) is 5.43. The number of para-hydroxylation sites is 1. The summed E-state index contributed by atoms with van der Waals surface area (Å²) in [6, 6.07) is 7.96. The van der Waals surface area contributed by atoms with Crippen molar-refractivity contribution in [3.05, 3.63) is 24.3 Å². The summed E-state index contributed by atoms with van der Waals surface area (Å²) in [5, 5.41) is 44.4. The average Bonchev–Trinajstić information content (AvgIpc) is 3.00. The summed E-state index contributed by atoms with van der Waals surface area (Å²) in [5.74, 6) is 0. The predicted octanol–water partition coefficient (Wildman–Crippen LogP) is -0.700. The van der Waals surface area contributed by atoms with Crippen molar-refractivity contribution in [3.63, 3.8) is 0 Å². The Kier molecular flexibility index (Phi) is 6.03. The van der Waals surface area contributed by atoms with Crippen molar-refractivity contribution in [2.75, 3.05) is 6.61 Å². The number of rotatable bonds is 2. The molecule has 0 radical (unpaired) electrons. The topological polar surface area (TPSA) is 121 Å². The van der Waals surface area contributed by atoms with Crippen molar-refractivity contribution in [1.29, 1.82) is 0 Å². The van der Waals surface area contributed by atoms with Gasteiger partial charge in [-0.15, -0.1) is 5.10 Å². The molecule has 1 aliphatic heterocycles. The van der Waals surface area contributed by atoms with E-state index in [-0.39, 0.29) is 6.61 Å². The number of hydrogen-bond acceptors (Lipinski definition) is 7. The number of aliphatic hydroxyl groups is 4. The largest absolute Gasteiger partial charge is 0.394 e. The van der Waals surface area contributed by atoms with E-state index >= 15 is 0 Å².